The fourth-order valence-electron chi connectivity index (χ4n) is 2.49. The summed E-state index contributed by atoms with van der Waals surface area (Å²) in [5.41, 5.74) is 2.01. The predicted molar refractivity (Wildman–Crippen MR) is 113 cm³/mol. The normalized spacial score (nSPS) is 11.1. The Morgan fingerprint density at radius 3 is 2.22 bits per heavy atom. The largest absolute Gasteiger partial charge is 0.343 e. The van der Waals surface area contributed by atoms with Crippen molar-refractivity contribution >= 4 is 40.2 Å². The van der Waals surface area contributed by atoms with E-state index in [0.29, 0.717) is 17.5 Å². The third-order valence-corrected chi connectivity index (χ3v) is 4.52. The Morgan fingerprint density at radius 2 is 1.63 bits per heavy atom. The van der Waals surface area contributed by atoms with Gasteiger partial charge in [0, 0.05) is 17.5 Å². The van der Waals surface area contributed by atoms with E-state index in [1.54, 1.807) is 36.4 Å². The molecule has 0 heterocycles. The van der Waals surface area contributed by atoms with Gasteiger partial charge in [0.15, 0.2) is 5.78 Å². The van der Waals surface area contributed by atoms with Crippen molar-refractivity contribution in [3.63, 3.8) is 0 Å². The lowest BCUT2D eigenvalue weighted by Gasteiger charge is -2.17. The molecule has 0 radical (unpaired) electrons. The first-order valence-electron chi connectivity index (χ1n) is 8.30. The molecule has 27 heavy (non-hydrogen) atoms. The molecule has 138 valence electrons. The van der Waals surface area contributed by atoms with Gasteiger partial charge in [-0.1, -0.05) is 83.1 Å². The number of amides is 2. The Labute approximate surface area is 172 Å². The van der Waals surface area contributed by atoms with Gasteiger partial charge in [0.2, 0.25) is 11.8 Å². The zero-order valence-electron chi connectivity index (χ0n) is 14.6. The molecule has 5 nitrogen and oxygen atoms in total. The maximum absolute atomic E-state index is 12.4. The highest BCUT2D eigenvalue weighted by molar-refractivity contribution is 14.1. The molecule has 2 aromatic carbocycles. The van der Waals surface area contributed by atoms with Crippen LogP contribution in [-0.4, -0.2) is 34.6 Å². The van der Waals surface area contributed by atoms with Crippen LogP contribution in [-0.2, 0) is 16.0 Å². The second kappa shape index (κ2) is 10.5. The highest BCUT2D eigenvalue weighted by atomic mass is 127. The van der Waals surface area contributed by atoms with Crippen LogP contribution in [0, 0.1) is 12.3 Å². The SMILES string of the molecule is C#CCNC(=O)C(Cc1ccc(C(=O)c2ccccc2)cc1)NC(=O)CI. The van der Waals surface area contributed by atoms with Gasteiger partial charge in [0.25, 0.3) is 0 Å². The van der Waals surface area contributed by atoms with Crippen LogP contribution in [0.5, 0.6) is 0 Å². The van der Waals surface area contributed by atoms with Crippen molar-refractivity contribution in [2.45, 2.75) is 12.5 Å². The molecular weight excluding hydrogens is 455 g/mol. The van der Waals surface area contributed by atoms with Crippen LogP contribution < -0.4 is 10.6 Å². The van der Waals surface area contributed by atoms with Crippen molar-refractivity contribution in [3.05, 3.63) is 71.3 Å². The minimum atomic E-state index is -0.726. The smallest absolute Gasteiger partial charge is 0.243 e. The molecule has 1 unspecified atom stereocenters. The second-order valence-corrected chi connectivity index (χ2v) is 6.53. The van der Waals surface area contributed by atoms with Gasteiger partial charge in [-0.25, -0.2) is 0 Å². The monoisotopic (exact) mass is 474 g/mol. The van der Waals surface area contributed by atoms with Crippen molar-refractivity contribution in [2.75, 3.05) is 11.0 Å². The van der Waals surface area contributed by atoms with Crippen LogP contribution in [0.25, 0.3) is 0 Å². The van der Waals surface area contributed by atoms with E-state index in [-0.39, 0.29) is 28.6 Å². The zero-order chi connectivity index (χ0) is 19.6. The molecular formula is C21H19IN2O3. The van der Waals surface area contributed by atoms with Crippen molar-refractivity contribution in [2.24, 2.45) is 0 Å². The molecule has 2 N–H and O–H groups in total. The average Bonchev–Trinajstić information content (AvgIpc) is 2.72. The lowest BCUT2D eigenvalue weighted by molar-refractivity contribution is -0.127. The van der Waals surface area contributed by atoms with E-state index in [2.05, 4.69) is 16.6 Å². The molecule has 2 aromatic rings. The van der Waals surface area contributed by atoms with E-state index in [1.165, 1.54) is 0 Å². The standard InChI is InChI=1S/C21H19IN2O3/c1-2-12-23-21(27)18(24-19(25)14-22)13-15-8-10-17(11-9-15)20(26)16-6-4-3-5-7-16/h1,3-11,18H,12-14H2,(H,23,27)(H,24,25). The molecule has 0 saturated carbocycles. The van der Waals surface area contributed by atoms with Gasteiger partial charge in [0.05, 0.1) is 11.0 Å². The third-order valence-electron chi connectivity index (χ3n) is 3.83. The first-order valence-corrected chi connectivity index (χ1v) is 9.83. The highest BCUT2D eigenvalue weighted by Gasteiger charge is 2.20. The molecule has 0 saturated heterocycles. The van der Waals surface area contributed by atoms with Gasteiger partial charge in [0.1, 0.15) is 6.04 Å². The Hall–Kier alpha value is -2.66. The molecule has 0 aliphatic rings. The number of ketones is 1. The van der Waals surface area contributed by atoms with Gasteiger partial charge in [-0.3, -0.25) is 14.4 Å². The fourth-order valence-corrected chi connectivity index (χ4v) is 2.71. The molecule has 0 aliphatic heterocycles. The second-order valence-electron chi connectivity index (χ2n) is 5.77. The maximum Gasteiger partial charge on any atom is 0.243 e. The van der Waals surface area contributed by atoms with E-state index >= 15 is 0 Å². The Bertz CT molecular complexity index is 842. The first-order chi connectivity index (χ1) is 13.0. The van der Waals surface area contributed by atoms with Gasteiger partial charge in [-0.2, -0.15) is 0 Å². The van der Waals surface area contributed by atoms with Crippen LogP contribution in [0.3, 0.4) is 0 Å². The number of rotatable bonds is 8. The molecule has 6 heteroatoms. The minimum absolute atomic E-state index is 0.0660. The summed E-state index contributed by atoms with van der Waals surface area (Å²) >= 11 is 1.93. The van der Waals surface area contributed by atoms with Crippen LogP contribution in [0.4, 0.5) is 0 Å². The maximum atomic E-state index is 12.4. The van der Waals surface area contributed by atoms with Crippen molar-refractivity contribution in [1.82, 2.24) is 10.6 Å². The number of carbonyl (C=O) groups is 3. The van der Waals surface area contributed by atoms with E-state index in [9.17, 15) is 14.4 Å². The summed E-state index contributed by atoms with van der Waals surface area (Å²) in [5, 5.41) is 5.28. The third kappa shape index (κ3) is 6.22. The van der Waals surface area contributed by atoms with Gasteiger partial charge in [-0.15, -0.1) is 6.42 Å². The summed E-state index contributed by atoms with van der Waals surface area (Å²) in [6, 6.07) is 15.3. The zero-order valence-corrected chi connectivity index (χ0v) is 16.7. The molecule has 0 bridgehead atoms. The molecule has 0 spiro atoms. The van der Waals surface area contributed by atoms with Crippen molar-refractivity contribution in [1.29, 1.82) is 0 Å². The number of halogens is 1. The summed E-state index contributed by atoms with van der Waals surface area (Å²) in [5.74, 6) is 1.70. The molecule has 1 atom stereocenters. The molecule has 2 amide bonds. The molecule has 0 aromatic heterocycles. The Balaban J connectivity index is 2.11. The van der Waals surface area contributed by atoms with Crippen LogP contribution in [0.15, 0.2) is 54.6 Å². The number of carbonyl (C=O) groups excluding carboxylic acids is 3. The topological polar surface area (TPSA) is 75.3 Å². The summed E-state index contributed by atoms with van der Waals surface area (Å²) in [7, 11) is 0. The van der Waals surface area contributed by atoms with E-state index < -0.39 is 6.04 Å². The van der Waals surface area contributed by atoms with E-state index in [4.69, 9.17) is 6.42 Å². The quantitative estimate of drug-likeness (QED) is 0.267. The average molecular weight is 474 g/mol. The summed E-state index contributed by atoms with van der Waals surface area (Å²) in [6.07, 6.45) is 5.47. The fraction of sp³-hybridized carbons (Fsp3) is 0.190. The molecule has 2 rings (SSSR count). The Kier molecular flexibility index (Phi) is 8.01. The van der Waals surface area contributed by atoms with E-state index in [1.807, 2.05) is 40.8 Å². The molecule has 0 fully saturated rings. The van der Waals surface area contributed by atoms with E-state index in [0.717, 1.165) is 5.56 Å². The van der Waals surface area contributed by atoms with Crippen LogP contribution in [0.2, 0.25) is 0 Å². The van der Waals surface area contributed by atoms with Gasteiger partial charge in [-0.05, 0) is 5.56 Å². The van der Waals surface area contributed by atoms with Crippen LogP contribution >= 0.6 is 22.6 Å². The highest BCUT2D eigenvalue weighted by Crippen LogP contribution is 2.12. The number of benzene rings is 2. The van der Waals surface area contributed by atoms with Crippen LogP contribution in [0.1, 0.15) is 21.5 Å². The first kappa shape index (κ1) is 20.6. The van der Waals surface area contributed by atoms with Gasteiger partial charge >= 0.3 is 0 Å². The number of alkyl halides is 1. The lowest BCUT2D eigenvalue weighted by Crippen LogP contribution is -2.48. The summed E-state index contributed by atoms with van der Waals surface area (Å²) in [4.78, 5) is 36.4. The number of hydrogen-bond acceptors (Lipinski definition) is 3. The lowest BCUT2D eigenvalue weighted by atomic mass is 9.99. The number of hydrogen-bond donors (Lipinski definition) is 2. The Morgan fingerprint density at radius 1 is 1.00 bits per heavy atom. The summed E-state index contributed by atoms with van der Waals surface area (Å²) < 4.78 is 0.251. The van der Waals surface area contributed by atoms with Gasteiger partial charge < -0.3 is 10.6 Å². The predicted octanol–water partition coefficient (Wildman–Crippen LogP) is 2.13. The van der Waals surface area contributed by atoms with Crippen molar-refractivity contribution in [3.8, 4) is 12.3 Å². The molecule has 0 aliphatic carbocycles. The summed E-state index contributed by atoms with van der Waals surface area (Å²) in [6.45, 7) is 0.0972. The number of terminal acetylenes is 1. The number of nitrogens with one attached hydrogen (secondary N) is 2. The van der Waals surface area contributed by atoms with Crippen molar-refractivity contribution < 1.29 is 14.4 Å². The minimum Gasteiger partial charge on any atom is -0.343 e.